The molecule has 0 amide bonds. The molecular formula is C24H36O6. The molecule has 0 aliphatic heterocycles. The molecule has 0 aromatic heterocycles. The molecule has 1 aromatic carbocycles. The predicted molar refractivity (Wildman–Crippen MR) is 113 cm³/mol. The first-order valence-electron chi connectivity index (χ1n) is 11.3. The molecule has 1 aromatic rings. The van der Waals surface area contributed by atoms with Crippen LogP contribution in [0.25, 0.3) is 0 Å². The Kier molecular flexibility index (Phi) is 10.1. The van der Waals surface area contributed by atoms with Crippen LogP contribution in [-0.2, 0) is 26.0 Å². The van der Waals surface area contributed by atoms with Gasteiger partial charge >= 0.3 is 12.1 Å². The summed E-state index contributed by atoms with van der Waals surface area (Å²) in [5.41, 5.74) is 1.50. The van der Waals surface area contributed by atoms with Crippen LogP contribution in [0.4, 0.5) is 4.79 Å². The molecular weight excluding hydrogens is 384 g/mol. The molecule has 0 spiro atoms. The SMILES string of the molecule is CCCCCCc1ccc(C(=O)OOOC(=O)OC2CC(C)CCC2C(C)C)cc1. The standard InChI is InChI=1S/C24H36O6/c1-5-6-7-8-9-19-11-13-20(14-12-19)23(25)28-30-29-24(26)27-22-16-18(4)10-15-21(22)17(2)3/h11-14,17-18,21-22H,5-10,15-16H2,1-4H3. The first-order chi connectivity index (χ1) is 14.4. The van der Waals surface area contributed by atoms with Crippen molar-refractivity contribution in [3.8, 4) is 0 Å². The van der Waals surface area contributed by atoms with Gasteiger partial charge in [0, 0.05) is 0 Å². The van der Waals surface area contributed by atoms with Gasteiger partial charge < -0.3 is 4.74 Å². The van der Waals surface area contributed by atoms with Crippen LogP contribution in [0.3, 0.4) is 0 Å². The van der Waals surface area contributed by atoms with Crippen molar-refractivity contribution in [1.82, 2.24) is 0 Å². The van der Waals surface area contributed by atoms with Crippen molar-refractivity contribution < 1.29 is 29.1 Å². The van der Waals surface area contributed by atoms with E-state index in [1.165, 1.54) is 24.8 Å². The molecule has 1 aliphatic rings. The van der Waals surface area contributed by atoms with E-state index < -0.39 is 12.1 Å². The number of ether oxygens (including phenoxy) is 1. The third-order valence-corrected chi connectivity index (χ3v) is 5.93. The fourth-order valence-corrected chi connectivity index (χ4v) is 4.08. The second kappa shape index (κ2) is 12.6. The van der Waals surface area contributed by atoms with E-state index in [0.717, 1.165) is 32.1 Å². The minimum absolute atomic E-state index is 0.217. The van der Waals surface area contributed by atoms with Crippen molar-refractivity contribution in [2.75, 3.05) is 0 Å². The van der Waals surface area contributed by atoms with Crippen LogP contribution in [0.1, 0.15) is 88.6 Å². The van der Waals surface area contributed by atoms with Gasteiger partial charge in [-0.25, -0.2) is 14.5 Å². The van der Waals surface area contributed by atoms with Crippen molar-refractivity contribution in [2.24, 2.45) is 17.8 Å². The summed E-state index contributed by atoms with van der Waals surface area (Å²) < 4.78 is 5.42. The van der Waals surface area contributed by atoms with Gasteiger partial charge in [0.25, 0.3) is 0 Å². The maximum absolute atomic E-state index is 12.0. The van der Waals surface area contributed by atoms with E-state index in [9.17, 15) is 9.59 Å². The molecule has 0 saturated heterocycles. The monoisotopic (exact) mass is 420 g/mol. The topological polar surface area (TPSA) is 71.1 Å². The molecule has 3 unspecified atom stereocenters. The van der Waals surface area contributed by atoms with E-state index in [1.807, 2.05) is 12.1 Å². The van der Waals surface area contributed by atoms with Crippen molar-refractivity contribution in [3.05, 3.63) is 35.4 Å². The number of unbranched alkanes of at least 4 members (excludes halogenated alkanes) is 3. The number of rotatable bonds is 10. The van der Waals surface area contributed by atoms with E-state index >= 15 is 0 Å². The average molecular weight is 421 g/mol. The Morgan fingerprint density at radius 3 is 2.43 bits per heavy atom. The quantitative estimate of drug-likeness (QED) is 0.188. The van der Waals surface area contributed by atoms with E-state index in [-0.39, 0.29) is 12.0 Å². The van der Waals surface area contributed by atoms with Gasteiger partial charge in [-0.3, -0.25) is 4.89 Å². The van der Waals surface area contributed by atoms with Crippen molar-refractivity contribution in [2.45, 2.75) is 85.2 Å². The van der Waals surface area contributed by atoms with Crippen molar-refractivity contribution >= 4 is 12.1 Å². The van der Waals surface area contributed by atoms with E-state index in [0.29, 0.717) is 17.4 Å². The molecule has 0 N–H and O–H groups in total. The zero-order valence-electron chi connectivity index (χ0n) is 18.7. The number of carbonyl (C=O) groups excluding carboxylic acids is 2. The summed E-state index contributed by atoms with van der Waals surface area (Å²) in [6.45, 7) is 8.58. The van der Waals surface area contributed by atoms with E-state index in [2.05, 4.69) is 42.5 Å². The molecule has 0 radical (unpaired) electrons. The van der Waals surface area contributed by atoms with Crippen LogP contribution in [0.5, 0.6) is 0 Å². The molecule has 1 aliphatic carbocycles. The number of hydrogen-bond acceptors (Lipinski definition) is 6. The Labute approximate surface area is 180 Å². The summed E-state index contributed by atoms with van der Waals surface area (Å²) in [5.74, 6) is 0.457. The molecule has 30 heavy (non-hydrogen) atoms. The van der Waals surface area contributed by atoms with Crippen LogP contribution in [0.15, 0.2) is 24.3 Å². The number of hydrogen-bond donors (Lipinski definition) is 0. The average Bonchev–Trinajstić information content (AvgIpc) is 2.71. The fraction of sp³-hybridized carbons (Fsp3) is 0.667. The van der Waals surface area contributed by atoms with E-state index in [1.54, 1.807) is 12.1 Å². The number of benzene rings is 1. The van der Waals surface area contributed by atoms with Gasteiger partial charge in [0.05, 0.1) is 10.6 Å². The molecule has 1 fully saturated rings. The molecule has 2 rings (SSSR count). The Balaban J connectivity index is 1.72. The molecule has 1 saturated carbocycles. The summed E-state index contributed by atoms with van der Waals surface area (Å²) in [7, 11) is 0. The molecule has 0 bridgehead atoms. The van der Waals surface area contributed by atoms with Gasteiger partial charge in [-0.15, -0.1) is 0 Å². The predicted octanol–water partition coefficient (Wildman–Crippen LogP) is 6.43. The highest BCUT2D eigenvalue weighted by atomic mass is 17.5. The highest BCUT2D eigenvalue weighted by Crippen LogP contribution is 2.35. The maximum atomic E-state index is 12.0. The van der Waals surface area contributed by atoms with Gasteiger partial charge in [-0.1, -0.05) is 65.5 Å². The lowest BCUT2D eigenvalue weighted by molar-refractivity contribution is -0.453. The molecule has 3 atom stereocenters. The Bertz CT molecular complexity index is 654. The Hall–Kier alpha value is -2.08. The largest absolute Gasteiger partial charge is 0.543 e. The summed E-state index contributed by atoms with van der Waals surface area (Å²) in [6.07, 6.45) is 7.50. The van der Waals surface area contributed by atoms with Crippen LogP contribution in [-0.4, -0.2) is 18.2 Å². The Morgan fingerprint density at radius 1 is 1.03 bits per heavy atom. The van der Waals surface area contributed by atoms with Crippen LogP contribution < -0.4 is 0 Å². The van der Waals surface area contributed by atoms with Crippen LogP contribution >= 0.6 is 0 Å². The lowest BCUT2D eigenvalue weighted by atomic mass is 9.75. The summed E-state index contributed by atoms with van der Waals surface area (Å²) in [4.78, 5) is 33.0. The molecule has 6 heteroatoms. The van der Waals surface area contributed by atoms with Gasteiger partial charge in [0.15, 0.2) is 0 Å². The first-order valence-corrected chi connectivity index (χ1v) is 11.3. The minimum atomic E-state index is -0.991. The molecule has 0 heterocycles. The van der Waals surface area contributed by atoms with Crippen molar-refractivity contribution in [1.29, 1.82) is 0 Å². The summed E-state index contributed by atoms with van der Waals surface area (Å²) in [5, 5.41) is 4.37. The zero-order chi connectivity index (χ0) is 21.9. The normalized spacial score (nSPS) is 21.3. The molecule has 6 nitrogen and oxygen atoms in total. The van der Waals surface area contributed by atoms with Gasteiger partial charge in [0.1, 0.15) is 6.10 Å². The van der Waals surface area contributed by atoms with Crippen molar-refractivity contribution in [3.63, 3.8) is 0 Å². The number of carbonyl (C=O) groups is 2. The molecule has 168 valence electrons. The third kappa shape index (κ3) is 7.98. The first kappa shape index (κ1) is 24.2. The zero-order valence-corrected chi connectivity index (χ0v) is 18.7. The summed E-state index contributed by atoms with van der Waals surface area (Å²) >= 11 is 0. The minimum Gasteiger partial charge on any atom is -0.429 e. The van der Waals surface area contributed by atoms with Crippen LogP contribution in [0.2, 0.25) is 0 Å². The third-order valence-electron chi connectivity index (χ3n) is 5.93. The van der Waals surface area contributed by atoms with Crippen LogP contribution in [0, 0.1) is 17.8 Å². The van der Waals surface area contributed by atoms with Gasteiger partial charge in [0.2, 0.25) is 0 Å². The second-order valence-corrected chi connectivity index (χ2v) is 8.76. The van der Waals surface area contributed by atoms with Gasteiger partial charge in [-0.05, 0) is 61.1 Å². The Morgan fingerprint density at radius 2 is 1.77 bits per heavy atom. The summed E-state index contributed by atoms with van der Waals surface area (Å²) in [6, 6.07) is 7.15. The second-order valence-electron chi connectivity index (χ2n) is 8.76. The highest BCUT2D eigenvalue weighted by Gasteiger charge is 2.34. The lowest BCUT2D eigenvalue weighted by Crippen LogP contribution is -2.36. The fourth-order valence-electron chi connectivity index (χ4n) is 4.08. The number of aryl methyl sites for hydroxylation is 1. The lowest BCUT2D eigenvalue weighted by Gasteiger charge is -2.36. The maximum Gasteiger partial charge on any atom is 0.543 e. The smallest absolute Gasteiger partial charge is 0.429 e. The highest BCUT2D eigenvalue weighted by molar-refractivity contribution is 5.88. The van der Waals surface area contributed by atoms with E-state index in [4.69, 9.17) is 4.74 Å². The van der Waals surface area contributed by atoms with Gasteiger partial charge in [-0.2, -0.15) is 0 Å².